The fraction of sp³-hybridized carbons (Fsp3) is 0.812. The van der Waals surface area contributed by atoms with Crippen LogP contribution in [0.5, 0.6) is 0 Å². The predicted molar refractivity (Wildman–Crippen MR) is 73.9 cm³/mol. The number of ketones is 1. The zero-order valence-electron chi connectivity index (χ0n) is 12.1. The van der Waals surface area contributed by atoms with E-state index in [4.69, 9.17) is 0 Å². The molecule has 3 unspecified atom stereocenters. The minimum absolute atomic E-state index is 0.125. The molecule has 1 aliphatic carbocycles. The second kappa shape index (κ2) is 5.84. The molecule has 0 aliphatic heterocycles. The molecule has 0 heterocycles. The maximum atomic E-state index is 12.3. The van der Waals surface area contributed by atoms with Gasteiger partial charge in [0.2, 0.25) is 0 Å². The highest BCUT2D eigenvalue weighted by molar-refractivity contribution is 5.81. The summed E-state index contributed by atoms with van der Waals surface area (Å²) in [5.41, 5.74) is 0.125. The molecule has 1 rings (SSSR count). The van der Waals surface area contributed by atoms with Crippen molar-refractivity contribution in [2.45, 2.75) is 60.3 Å². The van der Waals surface area contributed by atoms with Crippen LogP contribution in [0.2, 0.25) is 0 Å². The van der Waals surface area contributed by atoms with E-state index in [1.54, 1.807) is 0 Å². The molecule has 0 aromatic carbocycles. The number of rotatable bonds is 6. The Balaban J connectivity index is 2.52. The molecule has 0 N–H and O–H groups in total. The summed E-state index contributed by atoms with van der Waals surface area (Å²) in [4.78, 5) is 12.3. The average Bonchev–Trinajstić information content (AvgIpc) is 2.86. The van der Waals surface area contributed by atoms with Crippen LogP contribution in [-0.2, 0) is 4.79 Å². The molecule has 1 saturated carbocycles. The van der Waals surface area contributed by atoms with Crippen molar-refractivity contribution < 1.29 is 4.79 Å². The molecule has 0 bridgehead atoms. The van der Waals surface area contributed by atoms with E-state index >= 15 is 0 Å². The van der Waals surface area contributed by atoms with E-state index in [0.29, 0.717) is 5.78 Å². The van der Waals surface area contributed by atoms with Crippen LogP contribution in [0.1, 0.15) is 60.3 Å². The molecule has 0 spiro atoms. The summed E-state index contributed by atoms with van der Waals surface area (Å²) in [6.07, 6.45) is 8.31. The first-order valence-electron chi connectivity index (χ1n) is 6.97. The Bertz CT molecular complexity index is 282. The fourth-order valence-corrected chi connectivity index (χ4v) is 2.42. The Morgan fingerprint density at radius 1 is 1.41 bits per heavy atom. The first-order valence-corrected chi connectivity index (χ1v) is 6.97. The predicted octanol–water partition coefficient (Wildman–Crippen LogP) is 4.62. The van der Waals surface area contributed by atoms with Gasteiger partial charge in [0.05, 0.1) is 0 Å². The molecule has 1 nitrogen and oxygen atoms in total. The summed E-state index contributed by atoms with van der Waals surface area (Å²) in [5, 5.41) is 0. The van der Waals surface area contributed by atoms with Crippen LogP contribution in [-0.4, -0.2) is 5.78 Å². The van der Waals surface area contributed by atoms with E-state index in [2.05, 4.69) is 39.8 Å². The Morgan fingerprint density at radius 3 is 2.41 bits per heavy atom. The quantitative estimate of drug-likeness (QED) is 0.615. The number of Topliss-reactive ketones (excluding diaryl/α,β-unsaturated/α-hetero) is 1. The number of hydrogen-bond acceptors (Lipinski definition) is 1. The van der Waals surface area contributed by atoms with Gasteiger partial charge in [0, 0.05) is 12.3 Å². The number of carbonyl (C=O) groups excluding carboxylic acids is 1. The minimum atomic E-state index is 0.125. The molecule has 1 aliphatic rings. The lowest BCUT2D eigenvalue weighted by Gasteiger charge is -2.21. The summed E-state index contributed by atoms with van der Waals surface area (Å²) < 4.78 is 0. The van der Waals surface area contributed by atoms with Gasteiger partial charge in [-0.05, 0) is 43.4 Å². The Hall–Kier alpha value is -0.590. The van der Waals surface area contributed by atoms with Gasteiger partial charge < -0.3 is 0 Å². The number of hydrogen-bond donors (Lipinski definition) is 0. The molecule has 1 heteroatoms. The topological polar surface area (TPSA) is 17.1 Å². The van der Waals surface area contributed by atoms with Crippen molar-refractivity contribution in [2.24, 2.45) is 23.2 Å². The normalized spacial score (nSPS) is 26.2. The molecule has 1 fully saturated rings. The molecule has 98 valence electrons. The maximum Gasteiger partial charge on any atom is 0.136 e. The van der Waals surface area contributed by atoms with Crippen molar-refractivity contribution in [3.05, 3.63) is 12.2 Å². The van der Waals surface area contributed by atoms with Crippen molar-refractivity contribution in [3.63, 3.8) is 0 Å². The summed E-state index contributed by atoms with van der Waals surface area (Å²) in [6.45, 7) is 10.8. The highest BCUT2D eigenvalue weighted by atomic mass is 16.1. The maximum absolute atomic E-state index is 12.3. The van der Waals surface area contributed by atoms with Crippen molar-refractivity contribution >= 4 is 5.78 Å². The van der Waals surface area contributed by atoms with Crippen LogP contribution in [0.3, 0.4) is 0 Å². The minimum Gasteiger partial charge on any atom is -0.299 e. The molecule has 0 radical (unpaired) electrons. The molecule has 3 atom stereocenters. The van der Waals surface area contributed by atoms with Crippen LogP contribution < -0.4 is 0 Å². The van der Waals surface area contributed by atoms with E-state index in [-0.39, 0.29) is 11.3 Å². The number of allylic oxidation sites excluding steroid dienone is 2. The molecular weight excluding hydrogens is 208 g/mol. The summed E-state index contributed by atoms with van der Waals surface area (Å²) in [6, 6.07) is 0. The lowest BCUT2D eigenvalue weighted by Crippen LogP contribution is -2.21. The number of carbonyl (C=O) groups is 1. The monoisotopic (exact) mass is 236 g/mol. The van der Waals surface area contributed by atoms with E-state index in [1.165, 1.54) is 6.42 Å². The fourth-order valence-electron chi connectivity index (χ4n) is 2.42. The highest BCUT2D eigenvalue weighted by Gasteiger charge is 2.36. The summed E-state index contributed by atoms with van der Waals surface area (Å²) in [7, 11) is 0. The second-order valence-corrected chi connectivity index (χ2v) is 6.91. The lowest BCUT2D eigenvalue weighted by atomic mass is 9.82. The summed E-state index contributed by atoms with van der Waals surface area (Å²) >= 11 is 0. The van der Waals surface area contributed by atoms with Crippen molar-refractivity contribution in [1.82, 2.24) is 0 Å². The largest absolute Gasteiger partial charge is 0.299 e. The van der Waals surface area contributed by atoms with E-state index in [1.807, 2.05) is 6.92 Å². The molecule has 0 aromatic heterocycles. The van der Waals surface area contributed by atoms with E-state index in [9.17, 15) is 4.79 Å². The lowest BCUT2D eigenvalue weighted by molar-refractivity contribution is -0.124. The van der Waals surface area contributed by atoms with E-state index in [0.717, 1.165) is 31.1 Å². The third-order valence-corrected chi connectivity index (χ3v) is 3.68. The molecule has 0 saturated heterocycles. The van der Waals surface area contributed by atoms with Gasteiger partial charge in [-0.15, -0.1) is 0 Å². The van der Waals surface area contributed by atoms with Crippen LogP contribution in [0.4, 0.5) is 0 Å². The molecular formula is C16H28O. The van der Waals surface area contributed by atoms with Crippen LogP contribution in [0.25, 0.3) is 0 Å². The van der Waals surface area contributed by atoms with Gasteiger partial charge in [0.15, 0.2) is 0 Å². The van der Waals surface area contributed by atoms with Crippen LogP contribution >= 0.6 is 0 Å². The van der Waals surface area contributed by atoms with Gasteiger partial charge >= 0.3 is 0 Å². The van der Waals surface area contributed by atoms with Crippen LogP contribution in [0.15, 0.2) is 12.2 Å². The third-order valence-electron chi connectivity index (χ3n) is 3.68. The van der Waals surface area contributed by atoms with E-state index < -0.39 is 0 Å². The second-order valence-electron chi connectivity index (χ2n) is 6.91. The van der Waals surface area contributed by atoms with Crippen molar-refractivity contribution in [1.29, 1.82) is 0 Å². The molecule has 0 amide bonds. The van der Waals surface area contributed by atoms with Crippen LogP contribution in [0, 0.1) is 23.2 Å². The van der Waals surface area contributed by atoms with Gasteiger partial charge in [0.1, 0.15) is 5.78 Å². The van der Waals surface area contributed by atoms with Gasteiger partial charge in [0.25, 0.3) is 0 Å². The first-order chi connectivity index (χ1) is 7.83. The molecule has 17 heavy (non-hydrogen) atoms. The van der Waals surface area contributed by atoms with Crippen molar-refractivity contribution in [2.75, 3.05) is 0 Å². The summed E-state index contributed by atoms with van der Waals surface area (Å²) in [5.74, 6) is 2.40. The first kappa shape index (κ1) is 14.5. The van der Waals surface area contributed by atoms with Crippen molar-refractivity contribution in [3.8, 4) is 0 Å². The average molecular weight is 236 g/mol. The van der Waals surface area contributed by atoms with Gasteiger partial charge in [-0.25, -0.2) is 0 Å². The Labute approximate surface area is 107 Å². The zero-order valence-corrected chi connectivity index (χ0v) is 12.1. The SMILES string of the molecule is C/C=C/CC(CC1CC1C)C(=O)CC(C)(C)C. The standard InChI is InChI=1S/C16H28O/c1-6-7-8-13(10-14-9-12(14)2)15(17)11-16(3,4)5/h6-7,12-14H,8-11H2,1-5H3/b7-6+. The Kier molecular flexibility index (Phi) is 4.97. The highest BCUT2D eigenvalue weighted by Crippen LogP contribution is 2.43. The third kappa shape index (κ3) is 5.52. The van der Waals surface area contributed by atoms with Gasteiger partial charge in [-0.3, -0.25) is 4.79 Å². The van der Waals surface area contributed by atoms with Gasteiger partial charge in [-0.2, -0.15) is 0 Å². The molecule has 0 aromatic rings. The Morgan fingerprint density at radius 2 is 2.00 bits per heavy atom. The zero-order chi connectivity index (χ0) is 13.1. The van der Waals surface area contributed by atoms with Gasteiger partial charge in [-0.1, -0.05) is 39.8 Å². The smallest absolute Gasteiger partial charge is 0.136 e.